The Morgan fingerprint density at radius 3 is 2.53 bits per heavy atom. The molecule has 0 aliphatic carbocycles. The van der Waals surface area contributed by atoms with Gasteiger partial charge >= 0.3 is 5.97 Å². The second kappa shape index (κ2) is 11.0. The van der Waals surface area contributed by atoms with Crippen molar-refractivity contribution in [1.82, 2.24) is 10.2 Å². The predicted molar refractivity (Wildman–Crippen MR) is 113 cm³/mol. The number of alkyl halides is 1. The van der Waals surface area contributed by atoms with Crippen molar-refractivity contribution in [2.75, 3.05) is 12.4 Å². The fourth-order valence-electron chi connectivity index (χ4n) is 2.66. The fraction of sp³-hybridized carbons (Fsp3) is 0.368. The number of carbonyl (C=O) groups is 4. The van der Waals surface area contributed by atoms with E-state index in [1.807, 2.05) is 0 Å². The van der Waals surface area contributed by atoms with Crippen molar-refractivity contribution >= 4 is 51.1 Å². The Bertz CT molecular complexity index is 844. The van der Waals surface area contributed by atoms with Gasteiger partial charge < -0.3 is 19.9 Å². The number of methoxy groups -OCH3 is 1. The molecule has 1 saturated heterocycles. The van der Waals surface area contributed by atoms with Gasteiger partial charge in [-0.3, -0.25) is 19.3 Å². The summed E-state index contributed by atoms with van der Waals surface area (Å²) in [7, 11) is 1.53. The smallest absolute Gasteiger partial charge is 0.358 e. The lowest BCUT2D eigenvalue weighted by Crippen LogP contribution is -2.69. The van der Waals surface area contributed by atoms with Crippen molar-refractivity contribution in [1.29, 1.82) is 0 Å². The average molecular weight is 501 g/mol. The number of amides is 2. The molecule has 0 saturated carbocycles. The van der Waals surface area contributed by atoms with Gasteiger partial charge in [-0.05, 0) is 17.7 Å². The van der Waals surface area contributed by atoms with Crippen molar-refractivity contribution in [3.05, 3.63) is 41.3 Å². The van der Waals surface area contributed by atoms with Crippen LogP contribution < -0.4 is 10.1 Å². The fourth-order valence-corrected chi connectivity index (χ4v) is 3.72. The van der Waals surface area contributed by atoms with Gasteiger partial charge in [0.2, 0.25) is 5.91 Å². The predicted octanol–water partition coefficient (Wildman–Crippen LogP) is 1.89. The van der Waals surface area contributed by atoms with Gasteiger partial charge in [0.1, 0.15) is 29.5 Å². The summed E-state index contributed by atoms with van der Waals surface area (Å²) in [5.74, 6) is -1.72. The van der Waals surface area contributed by atoms with Gasteiger partial charge in [-0.15, -0.1) is 0 Å². The maximum absolute atomic E-state index is 12.7. The van der Waals surface area contributed by atoms with Crippen molar-refractivity contribution < 1.29 is 33.8 Å². The number of nitrogens with one attached hydrogen (secondary N) is 1. The van der Waals surface area contributed by atoms with Crippen LogP contribution in [0.3, 0.4) is 0 Å². The lowest BCUT2D eigenvalue weighted by atomic mass is 10.0. The molecule has 1 aromatic rings. The molecule has 2 rings (SSSR count). The Balaban J connectivity index is 2.19. The van der Waals surface area contributed by atoms with E-state index in [0.29, 0.717) is 28.7 Å². The Morgan fingerprint density at radius 2 is 2.00 bits per heavy atom. The number of allylic oxidation sites excluding steroid dienone is 1. The van der Waals surface area contributed by atoms with Crippen LogP contribution in [0.25, 0.3) is 0 Å². The molecule has 9 nitrogen and oxygen atoms in total. The zero-order chi connectivity index (χ0) is 22.3. The van der Waals surface area contributed by atoms with E-state index in [-0.39, 0.29) is 30.0 Å². The molecular formula is C19H21BrN2O7S. The molecule has 1 aliphatic heterocycles. The monoisotopic (exact) mass is 500 g/mol. The number of esters is 1. The molecule has 2 atom stereocenters. The number of nitrogens with zero attached hydrogens (tertiary/aromatic N) is 1. The zero-order valence-corrected chi connectivity index (χ0v) is 18.7. The highest BCUT2D eigenvalue weighted by molar-refractivity contribution is 9.09. The summed E-state index contributed by atoms with van der Waals surface area (Å²) < 4.78 is 10.3. The van der Waals surface area contributed by atoms with Crippen LogP contribution in [-0.2, 0) is 30.5 Å². The van der Waals surface area contributed by atoms with Crippen LogP contribution in [0.1, 0.15) is 18.9 Å². The molecule has 1 heterocycles. The molecule has 2 unspecified atom stereocenters. The van der Waals surface area contributed by atoms with E-state index in [1.165, 1.54) is 7.11 Å². The summed E-state index contributed by atoms with van der Waals surface area (Å²) in [5.41, 5.74) is 0.788. The van der Waals surface area contributed by atoms with Crippen LogP contribution in [0.5, 0.6) is 5.75 Å². The third-order valence-electron chi connectivity index (χ3n) is 4.24. The molecule has 0 bridgehead atoms. The van der Waals surface area contributed by atoms with E-state index in [0.717, 1.165) is 4.90 Å². The first-order valence-electron chi connectivity index (χ1n) is 8.87. The van der Waals surface area contributed by atoms with Crippen LogP contribution in [0, 0.1) is 0 Å². The second-order valence-corrected chi connectivity index (χ2v) is 7.59. The molecular weight excluding hydrogens is 480 g/mol. The minimum absolute atomic E-state index is 0.106. The summed E-state index contributed by atoms with van der Waals surface area (Å²) >= 11 is 3.76. The maximum atomic E-state index is 12.7. The van der Waals surface area contributed by atoms with E-state index in [2.05, 4.69) is 21.2 Å². The van der Waals surface area contributed by atoms with Crippen molar-refractivity contribution in [2.45, 2.75) is 31.4 Å². The maximum Gasteiger partial charge on any atom is 0.358 e. The van der Waals surface area contributed by atoms with Gasteiger partial charge in [0.25, 0.3) is 5.91 Å². The number of benzene rings is 1. The summed E-state index contributed by atoms with van der Waals surface area (Å²) in [4.78, 5) is 49.0. The lowest BCUT2D eigenvalue weighted by Gasteiger charge is -2.45. The number of hydrogen-bond donors (Lipinski definition) is 2. The molecule has 0 spiro atoms. The molecule has 162 valence electrons. The minimum atomic E-state index is -0.986. The second-order valence-electron chi connectivity index (χ2n) is 6.08. The van der Waals surface area contributed by atoms with Gasteiger partial charge in [-0.25, -0.2) is 4.79 Å². The van der Waals surface area contributed by atoms with Gasteiger partial charge in [-0.2, -0.15) is 0 Å². The number of aliphatic hydroxyl groups is 1. The number of β-lactam (4-membered cyclic amide) rings is 1. The normalized spacial score (nSPS) is 18.8. The number of rotatable bonds is 10. The highest BCUT2D eigenvalue weighted by Gasteiger charge is 2.52. The van der Waals surface area contributed by atoms with Gasteiger partial charge in [-0.1, -0.05) is 46.7 Å². The highest BCUT2D eigenvalue weighted by Crippen LogP contribution is 2.34. The van der Waals surface area contributed by atoms with Crippen LogP contribution in [-0.4, -0.2) is 57.3 Å². The minimum Gasteiger partial charge on any atom is -0.509 e. The third kappa shape index (κ3) is 5.33. The molecule has 1 aromatic carbocycles. The molecule has 0 radical (unpaired) electrons. The third-order valence-corrected chi connectivity index (χ3v) is 5.64. The Labute approximate surface area is 185 Å². The van der Waals surface area contributed by atoms with E-state index < -0.39 is 29.1 Å². The van der Waals surface area contributed by atoms with Crippen molar-refractivity contribution in [3.63, 3.8) is 0 Å². The Hall–Kier alpha value is -2.53. The van der Waals surface area contributed by atoms with E-state index >= 15 is 0 Å². The Morgan fingerprint density at radius 1 is 1.33 bits per heavy atom. The molecule has 30 heavy (non-hydrogen) atoms. The summed E-state index contributed by atoms with van der Waals surface area (Å²) in [5, 5.41) is 11.8. The molecule has 2 amide bonds. The molecule has 1 fully saturated rings. The topological polar surface area (TPSA) is 122 Å². The van der Waals surface area contributed by atoms with Crippen molar-refractivity contribution in [2.24, 2.45) is 0 Å². The van der Waals surface area contributed by atoms with Crippen LogP contribution in [0.2, 0.25) is 0 Å². The van der Waals surface area contributed by atoms with Crippen LogP contribution >= 0.6 is 27.7 Å². The number of halogens is 1. The number of ether oxygens (including phenoxy) is 2. The first-order chi connectivity index (χ1) is 14.4. The Kier molecular flexibility index (Phi) is 8.72. The van der Waals surface area contributed by atoms with Gasteiger partial charge in [0, 0.05) is 6.42 Å². The van der Waals surface area contributed by atoms with Gasteiger partial charge in [0.15, 0.2) is 11.3 Å². The number of aliphatic hydroxyl groups excluding tert-OH is 1. The lowest BCUT2D eigenvalue weighted by molar-refractivity contribution is -0.153. The molecule has 11 heteroatoms. The van der Waals surface area contributed by atoms with Gasteiger partial charge in [0.05, 0.1) is 12.4 Å². The number of thioether (sulfide) groups is 1. The van der Waals surface area contributed by atoms with Crippen LogP contribution in [0.4, 0.5) is 0 Å². The van der Waals surface area contributed by atoms with E-state index in [1.54, 1.807) is 31.2 Å². The standard InChI is InChI=1S/C19H21BrN2O7S/c1-3-14(25)21-15-17(26)22(18(15)30-10-23)16(13(24)8-20)19(27)29-9-11-4-6-12(28-2)7-5-11/h4-7,10,15,18,24H,3,8-9H2,1-2H3,(H,21,25). The van der Waals surface area contributed by atoms with E-state index in [9.17, 15) is 24.3 Å². The quantitative estimate of drug-likeness (QED) is 0.125. The number of carbonyl (C=O) groups excluding carboxylic acids is 4. The zero-order valence-electron chi connectivity index (χ0n) is 16.3. The number of hydrogen-bond acceptors (Lipinski definition) is 8. The summed E-state index contributed by atoms with van der Waals surface area (Å²) in [6, 6.07) is 5.82. The first-order valence-corrected chi connectivity index (χ1v) is 10.9. The summed E-state index contributed by atoms with van der Waals surface area (Å²) in [6.07, 6.45) is 0.154. The average Bonchev–Trinajstić information content (AvgIpc) is 2.78. The van der Waals surface area contributed by atoms with Crippen LogP contribution in [0.15, 0.2) is 35.7 Å². The molecule has 1 aliphatic rings. The molecule has 2 N–H and O–H groups in total. The highest BCUT2D eigenvalue weighted by atomic mass is 79.9. The van der Waals surface area contributed by atoms with Crippen molar-refractivity contribution in [3.8, 4) is 5.75 Å². The largest absolute Gasteiger partial charge is 0.509 e. The SMILES string of the molecule is CCC(=O)NC1C(=O)N(C(C(=O)OCc2ccc(OC)cc2)=C(O)CBr)C1SC=O. The molecule has 0 aromatic heterocycles. The number of likely N-dealkylation sites (tertiary alicyclic amines) is 1. The summed E-state index contributed by atoms with van der Waals surface area (Å²) in [6.45, 7) is 1.52. The van der Waals surface area contributed by atoms with E-state index in [4.69, 9.17) is 9.47 Å². The first kappa shape index (κ1) is 23.7.